The Hall–Kier alpha value is -3.00. The summed E-state index contributed by atoms with van der Waals surface area (Å²) < 4.78 is 9.65. The molecule has 1 N–H and O–H groups in total. The number of nitrogens with zero attached hydrogens (tertiary/aromatic N) is 3. The molecule has 0 unspecified atom stereocenters. The lowest BCUT2D eigenvalue weighted by molar-refractivity contribution is -0.128. The first-order valence-corrected chi connectivity index (χ1v) is 11.1. The molecule has 0 saturated heterocycles. The van der Waals surface area contributed by atoms with E-state index in [0.29, 0.717) is 11.5 Å². The van der Waals surface area contributed by atoms with Crippen molar-refractivity contribution < 1.29 is 14.0 Å². The summed E-state index contributed by atoms with van der Waals surface area (Å²) in [5.41, 5.74) is 1.79. The molecular weight excluding hydrogens is 412 g/mol. The highest BCUT2D eigenvalue weighted by molar-refractivity contribution is 7.03. The molecule has 0 aliphatic carbocycles. The number of amides is 2. The Labute approximate surface area is 186 Å². The van der Waals surface area contributed by atoms with E-state index in [2.05, 4.69) is 14.9 Å². The molecule has 0 saturated carbocycles. The fourth-order valence-corrected chi connectivity index (χ4v) is 3.52. The van der Waals surface area contributed by atoms with Crippen molar-refractivity contribution in [3.63, 3.8) is 0 Å². The molecule has 0 aliphatic rings. The summed E-state index contributed by atoms with van der Waals surface area (Å²) in [6.45, 7) is 9.94. The fourth-order valence-electron chi connectivity index (χ4n) is 3.09. The largest absolute Gasteiger partial charge is 0.464 e. The first-order valence-electron chi connectivity index (χ1n) is 10.2. The van der Waals surface area contributed by atoms with Crippen LogP contribution in [0.2, 0.25) is 0 Å². The Morgan fingerprint density at radius 3 is 2.42 bits per heavy atom. The minimum Gasteiger partial charge on any atom is -0.464 e. The highest BCUT2D eigenvalue weighted by atomic mass is 32.1. The second kappa shape index (κ2) is 9.43. The van der Waals surface area contributed by atoms with Crippen molar-refractivity contribution in [3.05, 3.63) is 70.1 Å². The van der Waals surface area contributed by atoms with Crippen LogP contribution in [0.15, 0.2) is 46.2 Å². The quantitative estimate of drug-likeness (QED) is 0.560. The molecule has 0 aliphatic heterocycles. The van der Waals surface area contributed by atoms with E-state index in [0.717, 1.165) is 29.1 Å². The van der Waals surface area contributed by atoms with Gasteiger partial charge in [0.1, 0.15) is 11.5 Å². The van der Waals surface area contributed by atoms with Crippen LogP contribution in [0, 0.1) is 13.8 Å². The van der Waals surface area contributed by atoms with E-state index in [1.165, 1.54) is 4.90 Å². The Bertz CT molecular complexity index is 1030. The maximum atomic E-state index is 13.5. The minimum atomic E-state index is -0.949. The first-order chi connectivity index (χ1) is 14.7. The van der Waals surface area contributed by atoms with E-state index in [-0.39, 0.29) is 24.1 Å². The average molecular weight is 441 g/mol. The molecule has 3 rings (SSSR count). The Kier molecular flexibility index (Phi) is 6.90. The molecule has 2 heterocycles. The van der Waals surface area contributed by atoms with E-state index in [9.17, 15) is 9.59 Å². The third-order valence-electron chi connectivity index (χ3n) is 5.25. The third-order valence-corrected chi connectivity index (χ3v) is 5.75. The Balaban J connectivity index is 2.05. The van der Waals surface area contributed by atoms with Crippen molar-refractivity contribution in [3.8, 4) is 0 Å². The van der Waals surface area contributed by atoms with Crippen LogP contribution in [0.25, 0.3) is 0 Å². The monoisotopic (exact) mass is 440 g/mol. The number of hydrogen-bond acceptors (Lipinski definition) is 6. The molecule has 2 aromatic heterocycles. The summed E-state index contributed by atoms with van der Waals surface area (Å²) >= 11 is 1.09. The van der Waals surface area contributed by atoms with Crippen LogP contribution >= 0.6 is 11.5 Å². The number of aryl methyl sites for hydroxylation is 2. The summed E-state index contributed by atoms with van der Waals surface area (Å²) in [4.78, 5) is 28.4. The Morgan fingerprint density at radius 2 is 1.87 bits per heavy atom. The number of furan rings is 1. The number of benzene rings is 1. The lowest BCUT2D eigenvalue weighted by Gasteiger charge is -2.33. The lowest BCUT2D eigenvalue weighted by Crippen LogP contribution is -2.50. The van der Waals surface area contributed by atoms with Gasteiger partial charge in [0, 0.05) is 17.5 Å². The van der Waals surface area contributed by atoms with Gasteiger partial charge in [0.15, 0.2) is 11.7 Å². The molecule has 2 amide bonds. The number of carbonyl (C=O) groups excluding carboxylic acids is 2. The van der Waals surface area contributed by atoms with Gasteiger partial charge in [0.05, 0.1) is 0 Å². The van der Waals surface area contributed by atoms with Crippen LogP contribution in [0.1, 0.15) is 66.4 Å². The van der Waals surface area contributed by atoms with Gasteiger partial charge in [-0.15, -0.1) is 5.10 Å². The van der Waals surface area contributed by atoms with E-state index >= 15 is 0 Å². The Morgan fingerprint density at radius 1 is 1.16 bits per heavy atom. The van der Waals surface area contributed by atoms with E-state index in [1.807, 2.05) is 58.9 Å². The summed E-state index contributed by atoms with van der Waals surface area (Å²) in [7, 11) is 0. The zero-order valence-corrected chi connectivity index (χ0v) is 19.3. The topological polar surface area (TPSA) is 88.3 Å². The van der Waals surface area contributed by atoms with Crippen LogP contribution in [0.3, 0.4) is 0 Å². The maximum Gasteiger partial charge on any atom is 0.276 e. The first kappa shape index (κ1) is 22.7. The summed E-state index contributed by atoms with van der Waals surface area (Å²) in [6.07, 6.45) is 0.741. The number of rotatable bonds is 8. The zero-order chi connectivity index (χ0) is 22.6. The highest BCUT2D eigenvalue weighted by Gasteiger charge is 2.37. The van der Waals surface area contributed by atoms with Gasteiger partial charge in [0.2, 0.25) is 0 Å². The van der Waals surface area contributed by atoms with Crippen LogP contribution < -0.4 is 5.32 Å². The third kappa shape index (κ3) is 5.58. The van der Waals surface area contributed by atoms with Crippen molar-refractivity contribution in [2.24, 2.45) is 0 Å². The summed E-state index contributed by atoms with van der Waals surface area (Å²) in [5.74, 6) is 0.397. The predicted molar refractivity (Wildman–Crippen MR) is 120 cm³/mol. The van der Waals surface area contributed by atoms with E-state index < -0.39 is 11.6 Å². The van der Waals surface area contributed by atoms with Crippen LogP contribution in [0.4, 0.5) is 0 Å². The SMILES string of the molecule is CCC(C)(C)NC(=O)[C@H](c1ccc(C)o1)N(Cc1ccc(C)cc1)C(=O)c1csnn1. The molecule has 1 aromatic carbocycles. The van der Waals surface area contributed by atoms with Crippen molar-refractivity contribution in [1.29, 1.82) is 0 Å². The zero-order valence-electron chi connectivity index (χ0n) is 18.5. The molecule has 0 bridgehead atoms. The molecule has 3 aromatic rings. The summed E-state index contributed by atoms with van der Waals surface area (Å²) in [5, 5.41) is 8.59. The average Bonchev–Trinajstić information content (AvgIpc) is 3.40. The molecule has 164 valence electrons. The second-order valence-electron chi connectivity index (χ2n) is 8.29. The van der Waals surface area contributed by atoms with Gasteiger partial charge in [-0.1, -0.05) is 41.2 Å². The van der Waals surface area contributed by atoms with Gasteiger partial charge in [-0.3, -0.25) is 9.59 Å². The van der Waals surface area contributed by atoms with E-state index in [4.69, 9.17) is 4.42 Å². The molecule has 0 fully saturated rings. The van der Waals surface area contributed by atoms with Gasteiger partial charge >= 0.3 is 0 Å². The smallest absolute Gasteiger partial charge is 0.276 e. The number of aromatic nitrogens is 2. The van der Waals surface area contributed by atoms with Crippen LogP contribution in [0.5, 0.6) is 0 Å². The maximum absolute atomic E-state index is 13.5. The van der Waals surface area contributed by atoms with Gasteiger partial charge in [-0.05, 0) is 63.3 Å². The lowest BCUT2D eigenvalue weighted by atomic mass is 10.0. The van der Waals surface area contributed by atoms with Gasteiger partial charge < -0.3 is 14.6 Å². The van der Waals surface area contributed by atoms with Gasteiger partial charge in [-0.2, -0.15) is 0 Å². The van der Waals surface area contributed by atoms with Gasteiger partial charge in [0.25, 0.3) is 11.8 Å². The molecule has 8 heteroatoms. The molecule has 7 nitrogen and oxygen atoms in total. The van der Waals surface area contributed by atoms with Crippen molar-refractivity contribution in [1.82, 2.24) is 19.8 Å². The molecule has 0 spiro atoms. The predicted octanol–water partition coefficient (Wildman–Crippen LogP) is 4.44. The molecular formula is C23H28N4O3S. The minimum absolute atomic E-state index is 0.202. The highest BCUT2D eigenvalue weighted by Crippen LogP contribution is 2.28. The van der Waals surface area contributed by atoms with Crippen molar-refractivity contribution >= 4 is 23.3 Å². The second-order valence-corrected chi connectivity index (χ2v) is 8.90. The number of nitrogens with one attached hydrogen (secondary N) is 1. The van der Waals surface area contributed by atoms with Gasteiger partial charge in [-0.25, -0.2) is 0 Å². The fraction of sp³-hybridized carbons (Fsp3) is 0.391. The normalized spacial score (nSPS) is 12.4. The van der Waals surface area contributed by atoms with Crippen LogP contribution in [-0.4, -0.2) is 31.8 Å². The summed E-state index contributed by atoms with van der Waals surface area (Å²) in [6, 6.07) is 10.5. The van der Waals surface area contributed by atoms with Crippen LogP contribution in [-0.2, 0) is 11.3 Å². The standard InChI is InChI=1S/C23H28N4O3S/c1-6-23(4,5)24-21(28)20(19-12-9-16(3)30-19)27(22(29)18-14-31-26-25-18)13-17-10-7-15(2)8-11-17/h7-12,14,20H,6,13H2,1-5H3,(H,24,28)/t20-/m0/s1. The van der Waals surface area contributed by atoms with Crippen molar-refractivity contribution in [2.75, 3.05) is 0 Å². The van der Waals surface area contributed by atoms with Crippen molar-refractivity contribution in [2.45, 2.75) is 59.2 Å². The van der Waals surface area contributed by atoms with E-state index in [1.54, 1.807) is 17.5 Å². The number of carbonyl (C=O) groups is 2. The molecule has 31 heavy (non-hydrogen) atoms. The number of hydrogen-bond donors (Lipinski definition) is 1. The molecule has 1 atom stereocenters. The molecule has 0 radical (unpaired) electrons.